The average molecular weight is 296 g/mol. The highest BCUT2D eigenvalue weighted by Gasteiger charge is 2.16. The lowest BCUT2D eigenvalue weighted by Gasteiger charge is -2.12. The smallest absolute Gasteiger partial charge is 0.210 e. The van der Waals surface area contributed by atoms with Crippen LogP contribution >= 0.6 is 11.3 Å². The average Bonchev–Trinajstić information content (AvgIpc) is 2.89. The van der Waals surface area contributed by atoms with Gasteiger partial charge in [-0.25, -0.2) is 13.1 Å². The molecule has 0 amide bonds. The van der Waals surface area contributed by atoms with Crippen molar-refractivity contribution in [3.8, 4) is 6.07 Å². The molecule has 0 spiro atoms. The SMILES string of the molecule is N#Cc1ccc(S(=O)(=O)NCCC2=CCCCC2)s1. The Bertz CT molecular complexity index is 609. The van der Waals surface area contributed by atoms with Crippen LogP contribution < -0.4 is 4.72 Å². The van der Waals surface area contributed by atoms with E-state index < -0.39 is 10.0 Å². The number of hydrogen-bond donors (Lipinski definition) is 1. The van der Waals surface area contributed by atoms with E-state index >= 15 is 0 Å². The van der Waals surface area contributed by atoms with Gasteiger partial charge in [-0.15, -0.1) is 11.3 Å². The minimum atomic E-state index is -3.46. The second-order valence-electron chi connectivity index (χ2n) is 4.49. The maximum atomic E-state index is 12.0. The van der Waals surface area contributed by atoms with Crippen LogP contribution in [-0.2, 0) is 10.0 Å². The predicted molar refractivity (Wildman–Crippen MR) is 75.4 cm³/mol. The third kappa shape index (κ3) is 3.90. The molecule has 1 aliphatic rings. The van der Waals surface area contributed by atoms with Crippen molar-refractivity contribution in [2.45, 2.75) is 36.3 Å². The summed E-state index contributed by atoms with van der Waals surface area (Å²) in [6.45, 7) is 0.425. The van der Waals surface area contributed by atoms with Crippen LogP contribution in [0.4, 0.5) is 0 Å². The summed E-state index contributed by atoms with van der Waals surface area (Å²) >= 11 is 1.000. The lowest BCUT2D eigenvalue weighted by molar-refractivity contribution is 0.581. The summed E-state index contributed by atoms with van der Waals surface area (Å²) in [5.41, 5.74) is 1.35. The standard InChI is InChI=1S/C13H16N2O2S2/c14-10-12-6-7-13(18-12)19(16,17)15-9-8-11-4-2-1-3-5-11/h4,6-7,15H,1-3,5,8-9H2. The van der Waals surface area contributed by atoms with E-state index in [9.17, 15) is 8.42 Å². The zero-order valence-electron chi connectivity index (χ0n) is 10.6. The van der Waals surface area contributed by atoms with Crippen LogP contribution in [0, 0.1) is 11.3 Å². The highest BCUT2D eigenvalue weighted by molar-refractivity contribution is 7.91. The lowest BCUT2D eigenvalue weighted by atomic mass is 9.97. The molecule has 19 heavy (non-hydrogen) atoms. The van der Waals surface area contributed by atoms with Crippen LogP contribution in [0.3, 0.4) is 0 Å². The van der Waals surface area contributed by atoms with Gasteiger partial charge in [0.2, 0.25) is 10.0 Å². The van der Waals surface area contributed by atoms with E-state index in [2.05, 4.69) is 10.8 Å². The van der Waals surface area contributed by atoms with Crippen molar-refractivity contribution >= 4 is 21.4 Å². The molecule has 1 N–H and O–H groups in total. The maximum absolute atomic E-state index is 12.0. The van der Waals surface area contributed by atoms with Crippen LogP contribution in [-0.4, -0.2) is 15.0 Å². The molecule has 1 aliphatic carbocycles. The van der Waals surface area contributed by atoms with Crippen LogP contribution in [0.25, 0.3) is 0 Å². The van der Waals surface area contributed by atoms with Crippen LogP contribution in [0.15, 0.2) is 28.0 Å². The molecule has 102 valence electrons. The Balaban J connectivity index is 1.91. The highest BCUT2D eigenvalue weighted by Crippen LogP contribution is 2.22. The number of sulfonamides is 1. The first-order valence-corrected chi connectivity index (χ1v) is 8.59. The Labute approximate surface area is 117 Å². The largest absolute Gasteiger partial charge is 0.250 e. The lowest BCUT2D eigenvalue weighted by Crippen LogP contribution is -2.24. The van der Waals surface area contributed by atoms with Gasteiger partial charge >= 0.3 is 0 Å². The number of rotatable bonds is 5. The summed E-state index contributed by atoms with van der Waals surface area (Å²) in [7, 11) is -3.46. The van der Waals surface area contributed by atoms with E-state index in [0.717, 1.165) is 30.6 Å². The number of hydrogen-bond acceptors (Lipinski definition) is 4. The molecule has 1 aromatic heterocycles. The third-order valence-electron chi connectivity index (χ3n) is 3.08. The summed E-state index contributed by atoms with van der Waals surface area (Å²) in [4.78, 5) is 0.412. The Kier molecular flexibility index (Phi) is 4.75. The molecule has 0 atom stereocenters. The monoisotopic (exact) mass is 296 g/mol. The molecule has 6 heteroatoms. The van der Waals surface area contributed by atoms with Gasteiger partial charge in [-0.3, -0.25) is 0 Å². The first-order chi connectivity index (χ1) is 9.12. The van der Waals surface area contributed by atoms with Crippen molar-refractivity contribution in [2.24, 2.45) is 0 Å². The van der Waals surface area contributed by atoms with E-state index in [1.54, 1.807) is 0 Å². The Morgan fingerprint density at radius 3 is 2.84 bits per heavy atom. The zero-order chi connectivity index (χ0) is 13.7. The topological polar surface area (TPSA) is 70.0 Å². The normalized spacial score (nSPS) is 15.8. The molecule has 2 rings (SSSR count). The van der Waals surface area contributed by atoms with Gasteiger partial charge in [0.05, 0.1) is 0 Å². The van der Waals surface area contributed by atoms with Gasteiger partial charge in [0.25, 0.3) is 0 Å². The molecule has 0 saturated heterocycles. The number of allylic oxidation sites excluding steroid dienone is 1. The molecule has 0 aromatic carbocycles. The highest BCUT2D eigenvalue weighted by atomic mass is 32.2. The minimum absolute atomic E-state index is 0.210. The van der Waals surface area contributed by atoms with Crippen LogP contribution in [0.5, 0.6) is 0 Å². The zero-order valence-corrected chi connectivity index (χ0v) is 12.2. The van der Waals surface area contributed by atoms with E-state index in [-0.39, 0.29) is 4.21 Å². The van der Waals surface area contributed by atoms with E-state index in [4.69, 9.17) is 5.26 Å². The molecular formula is C13H16N2O2S2. The fraction of sp³-hybridized carbons (Fsp3) is 0.462. The second kappa shape index (κ2) is 6.33. The summed E-state index contributed by atoms with van der Waals surface area (Å²) in [6, 6.07) is 4.95. The molecule has 0 bridgehead atoms. The fourth-order valence-electron chi connectivity index (χ4n) is 2.07. The Hall–Kier alpha value is -1.16. The predicted octanol–water partition coefficient (Wildman–Crippen LogP) is 2.79. The van der Waals surface area contributed by atoms with E-state index in [0.29, 0.717) is 11.4 Å². The van der Waals surface area contributed by atoms with Gasteiger partial charge in [-0.1, -0.05) is 11.6 Å². The fourth-order valence-corrected chi connectivity index (χ4v) is 4.25. The van der Waals surface area contributed by atoms with Crippen molar-refractivity contribution < 1.29 is 8.42 Å². The first-order valence-electron chi connectivity index (χ1n) is 6.29. The van der Waals surface area contributed by atoms with Gasteiger partial charge < -0.3 is 0 Å². The molecular weight excluding hydrogens is 280 g/mol. The van der Waals surface area contributed by atoms with Crippen LogP contribution in [0.1, 0.15) is 37.0 Å². The first kappa shape index (κ1) is 14.3. The van der Waals surface area contributed by atoms with E-state index in [1.807, 2.05) is 6.07 Å². The van der Waals surface area contributed by atoms with Gasteiger partial charge in [0.15, 0.2) is 0 Å². The molecule has 4 nitrogen and oxygen atoms in total. The summed E-state index contributed by atoms with van der Waals surface area (Å²) in [5.74, 6) is 0. The molecule has 1 heterocycles. The second-order valence-corrected chi connectivity index (χ2v) is 7.56. The van der Waals surface area contributed by atoms with Gasteiger partial charge in [-0.2, -0.15) is 5.26 Å². The van der Waals surface area contributed by atoms with Gasteiger partial charge in [0, 0.05) is 6.54 Å². The Morgan fingerprint density at radius 2 is 2.21 bits per heavy atom. The minimum Gasteiger partial charge on any atom is -0.210 e. The van der Waals surface area contributed by atoms with Crippen molar-refractivity contribution in [3.63, 3.8) is 0 Å². The number of nitrogens with zero attached hydrogens (tertiary/aromatic N) is 1. The Morgan fingerprint density at radius 1 is 1.37 bits per heavy atom. The molecule has 0 aliphatic heterocycles. The summed E-state index contributed by atoms with van der Waals surface area (Å²) in [6.07, 6.45) is 7.63. The molecule has 0 saturated carbocycles. The molecule has 0 radical (unpaired) electrons. The molecule has 1 aromatic rings. The van der Waals surface area contributed by atoms with Gasteiger partial charge in [-0.05, 0) is 44.2 Å². The third-order valence-corrected chi connectivity index (χ3v) is 6.02. The summed E-state index contributed by atoms with van der Waals surface area (Å²) in [5, 5.41) is 8.70. The van der Waals surface area contributed by atoms with Crippen LogP contribution in [0.2, 0.25) is 0 Å². The van der Waals surface area contributed by atoms with E-state index in [1.165, 1.54) is 30.5 Å². The van der Waals surface area contributed by atoms with Crippen molar-refractivity contribution in [1.29, 1.82) is 5.26 Å². The van der Waals surface area contributed by atoms with Crippen molar-refractivity contribution in [2.75, 3.05) is 6.54 Å². The number of nitriles is 1. The van der Waals surface area contributed by atoms with Gasteiger partial charge in [0.1, 0.15) is 15.2 Å². The summed E-state index contributed by atoms with van der Waals surface area (Å²) < 4.78 is 26.7. The van der Waals surface area contributed by atoms with Crippen molar-refractivity contribution in [1.82, 2.24) is 4.72 Å². The number of thiophene rings is 1. The quantitative estimate of drug-likeness (QED) is 0.849. The molecule has 0 unspecified atom stereocenters. The maximum Gasteiger partial charge on any atom is 0.250 e. The molecule has 0 fully saturated rings. The number of nitrogens with one attached hydrogen (secondary N) is 1. The van der Waals surface area contributed by atoms with Crippen molar-refractivity contribution in [3.05, 3.63) is 28.7 Å².